The smallest absolute Gasteiger partial charge is 0.220 e. The van der Waals surface area contributed by atoms with Crippen molar-refractivity contribution in [3.05, 3.63) is 0 Å². The van der Waals surface area contributed by atoms with E-state index in [0.29, 0.717) is 12.3 Å². The van der Waals surface area contributed by atoms with Crippen LogP contribution in [0.15, 0.2) is 0 Å². The minimum atomic E-state index is 0.257. The van der Waals surface area contributed by atoms with Gasteiger partial charge in [-0.25, -0.2) is 0 Å². The van der Waals surface area contributed by atoms with Crippen LogP contribution in [0.1, 0.15) is 39.0 Å². The Morgan fingerprint density at radius 3 is 2.88 bits per heavy atom. The fourth-order valence-electron chi connectivity index (χ4n) is 2.99. The van der Waals surface area contributed by atoms with Crippen molar-refractivity contribution in [1.82, 2.24) is 10.6 Å². The van der Waals surface area contributed by atoms with Crippen molar-refractivity contribution in [2.75, 3.05) is 19.6 Å². The fraction of sp³-hybridized carbons (Fsp3) is 0.923. The third kappa shape index (κ3) is 3.21. The van der Waals surface area contributed by atoms with Gasteiger partial charge in [-0.1, -0.05) is 19.8 Å². The van der Waals surface area contributed by atoms with Crippen molar-refractivity contribution in [1.29, 1.82) is 0 Å². The van der Waals surface area contributed by atoms with Crippen molar-refractivity contribution in [3.63, 3.8) is 0 Å². The Bertz CT molecular complexity index is 236. The van der Waals surface area contributed by atoms with E-state index in [1.165, 1.54) is 19.3 Å². The molecule has 1 amide bonds. The number of hydrogen-bond donors (Lipinski definition) is 2. The maximum atomic E-state index is 11.7. The molecule has 1 aliphatic heterocycles. The zero-order chi connectivity index (χ0) is 11.4. The molecular formula is C13H24N2O. The molecule has 2 rings (SSSR count). The first-order valence-electron chi connectivity index (χ1n) is 6.73. The van der Waals surface area contributed by atoms with E-state index in [1.807, 2.05) is 0 Å². The van der Waals surface area contributed by atoms with Crippen LogP contribution in [0.5, 0.6) is 0 Å². The molecule has 0 aromatic rings. The molecule has 3 nitrogen and oxygen atoms in total. The van der Waals surface area contributed by atoms with E-state index in [1.54, 1.807) is 0 Å². The Balaban J connectivity index is 1.63. The van der Waals surface area contributed by atoms with Gasteiger partial charge in [-0.05, 0) is 43.7 Å². The summed E-state index contributed by atoms with van der Waals surface area (Å²) in [6, 6.07) is 0. The number of amides is 1. The molecule has 2 aliphatic rings. The van der Waals surface area contributed by atoms with Crippen LogP contribution in [-0.2, 0) is 4.79 Å². The van der Waals surface area contributed by atoms with E-state index in [9.17, 15) is 4.79 Å². The van der Waals surface area contributed by atoms with Gasteiger partial charge in [0.05, 0.1) is 0 Å². The number of carbonyl (C=O) groups is 1. The molecule has 2 N–H and O–H groups in total. The summed E-state index contributed by atoms with van der Waals surface area (Å²) in [5.41, 5.74) is 0. The van der Waals surface area contributed by atoms with Gasteiger partial charge in [-0.3, -0.25) is 4.79 Å². The van der Waals surface area contributed by atoms with Crippen LogP contribution in [0, 0.1) is 17.8 Å². The quantitative estimate of drug-likeness (QED) is 0.760. The summed E-state index contributed by atoms with van der Waals surface area (Å²) < 4.78 is 0. The average molecular weight is 224 g/mol. The van der Waals surface area contributed by atoms with Crippen molar-refractivity contribution in [2.24, 2.45) is 17.8 Å². The molecule has 2 fully saturated rings. The van der Waals surface area contributed by atoms with Crippen molar-refractivity contribution >= 4 is 5.91 Å². The van der Waals surface area contributed by atoms with Gasteiger partial charge in [0.15, 0.2) is 0 Å². The summed E-state index contributed by atoms with van der Waals surface area (Å²) in [5.74, 6) is 2.35. The molecule has 3 atom stereocenters. The molecule has 1 heterocycles. The van der Waals surface area contributed by atoms with Crippen molar-refractivity contribution < 1.29 is 4.79 Å². The molecule has 0 spiro atoms. The van der Waals surface area contributed by atoms with Gasteiger partial charge < -0.3 is 10.6 Å². The van der Waals surface area contributed by atoms with Gasteiger partial charge in [-0.2, -0.15) is 0 Å². The van der Waals surface area contributed by atoms with Crippen LogP contribution in [0.25, 0.3) is 0 Å². The highest BCUT2D eigenvalue weighted by Crippen LogP contribution is 2.30. The molecule has 0 radical (unpaired) electrons. The third-order valence-corrected chi connectivity index (χ3v) is 4.24. The van der Waals surface area contributed by atoms with E-state index in [0.717, 1.165) is 37.9 Å². The summed E-state index contributed by atoms with van der Waals surface area (Å²) >= 11 is 0. The lowest BCUT2D eigenvalue weighted by Gasteiger charge is -2.16. The largest absolute Gasteiger partial charge is 0.356 e. The zero-order valence-electron chi connectivity index (χ0n) is 10.3. The van der Waals surface area contributed by atoms with E-state index >= 15 is 0 Å². The lowest BCUT2D eigenvalue weighted by molar-refractivity contribution is -0.122. The predicted molar refractivity (Wildman–Crippen MR) is 65.1 cm³/mol. The monoisotopic (exact) mass is 224 g/mol. The highest BCUT2D eigenvalue weighted by molar-refractivity contribution is 5.76. The first-order chi connectivity index (χ1) is 7.75. The molecule has 0 bridgehead atoms. The second kappa shape index (κ2) is 5.67. The number of nitrogens with one attached hydrogen (secondary N) is 2. The van der Waals surface area contributed by atoms with Crippen LogP contribution < -0.4 is 10.6 Å². The fourth-order valence-corrected chi connectivity index (χ4v) is 2.99. The van der Waals surface area contributed by atoms with Crippen molar-refractivity contribution in [2.45, 2.75) is 39.0 Å². The van der Waals surface area contributed by atoms with Crippen LogP contribution >= 0.6 is 0 Å². The number of carbonyl (C=O) groups excluding carboxylic acids is 1. The molecule has 0 aromatic heterocycles. The van der Waals surface area contributed by atoms with Crippen LogP contribution in [0.3, 0.4) is 0 Å². The molecule has 1 aliphatic carbocycles. The average Bonchev–Trinajstić information content (AvgIpc) is 2.87. The van der Waals surface area contributed by atoms with Gasteiger partial charge in [0.25, 0.3) is 0 Å². The standard InChI is InChI=1S/C13H24N2O/c1-10-3-2-4-12(10)9-15-13(16)7-11-5-6-14-8-11/h10-12,14H,2-9H2,1H3,(H,15,16). The van der Waals surface area contributed by atoms with E-state index in [2.05, 4.69) is 17.6 Å². The second-order valence-electron chi connectivity index (χ2n) is 5.54. The summed E-state index contributed by atoms with van der Waals surface area (Å²) in [5, 5.41) is 6.42. The van der Waals surface area contributed by atoms with Gasteiger partial charge in [-0.15, -0.1) is 0 Å². The highest BCUT2D eigenvalue weighted by atomic mass is 16.1. The second-order valence-corrected chi connectivity index (χ2v) is 5.54. The molecular weight excluding hydrogens is 200 g/mol. The third-order valence-electron chi connectivity index (χ3n) is 4.24. The van der Waals surface area contributed by atoms with Gasteiger partial charge in [0.2, 0.25) is 5.91 Å². The highest BCUT2D eigenvalue weighted by Gasteiger charge is 2.24. The number of hydrogen-bond acceptors (Lipinski definition) is 2. The first-order valence-corrected chi connectivity index (χ1v) is 6.73. The summed E-state index contributed by atoms with van der Waals surface area (Å²) in [6.07, 6.45) is 5.86. The summed E-state index contributed by atoms with van der Waals surface area (Å²) in [7, 11) is 0. The topological polar surface area (TPSA) is 41.1 Å². The normalized spacial score (nSPS) is 34.2. The lowest BCUT2D eigenvalue weighted by Crippen LogP contribution is -2.31. The minimum Gasteiger partial charge on any atom is -0.356 e. The zero-order valence-corrected chi connectivity index (χ0v) is 10.3. The Hall–Kier alpha value is -0.570. The Labute approximate surface area is 98.4 Å². The molecule has 0 aromatic carbocycles. The predicted octanol–water partition coefficient (Wildman–Crippen LogP) is 1.54. The Morgan fingerprint density at radius 1 is 1.38 bits per heavy atom. The van der Waals surface area contributed by atoms with Crippen LogP contribution in [-0.4, -0.2) is 25.5 Å². The molecule has 3 heteroatoms. The van der Waals surface area contributed by atoms with Gasteiger partial charge in [0.1, 0.15) is 0 Å². The van der Waals surface area contributed by atoms with Crippen molar-refractivity contribution in [3.8, 4) is 0 Å². The Kier molecular flexibility index (Phi) is 4.22. The molecule has 1 saturated carbocycles. The first kappa shape index (κ1) is 11.9. The molecule has 1 saturated heterocycles. The maximum Gasteiger partial charge on any atom is 0.220 e. The molecule has 92 valence electrons. The number of rotatable bonds is 4. The minimum absolute atomic E-state index is 0.257. The van der Waals surface area contributed by atoms with E-state index in [4.69, 9.17) is 0 Å². The molecule has 3 unspecified atom stereocenters. The van der Waals surface area contributed by atoms with Gasteiger partial charge in [0, 0.05) is 13.0 Å². The Morgan fingerprint density at radius 2 is 2.25 bits per heavy atom. The van der Waals surface area contributed by atoms with Gasteiger partial charge >= 0.3 is 0 Å². The van der Waals surface area contributed by atoms with E-state index < -0.39 is 0 Å². The summed E-state index contributed by atoms with van der Waals surface area (Å²) in [6.45, 7) is 5.32. The van der Waals surface area contributed by atoms with Crippen LogP contribution in [0.2, 0.25) is 0 Å². The summed E-state index contributed by atoms with van der Waals surface area (Å²) in [4.78, 5) is 11.7. The SMILES string of the molecule is CC1CCCC1CNC(=O)CC1CCNC1. The maximum absolute atomic E-state index is 11.7. The lowest BCUT2D eigenvalue weighted by atomic mass is 9.98. The van der Waals surface area contributed by atoms with Crippen LogP contribution in [0.4, 0.5) is 0 Å². The molecule has 16 heavy (non-hydrogen) atoms. The van der Waals surface area contributed by atoms with E-state index in [-0.39, 0.29) is 5.91 Å².